The van der Waals surface area contributed by atoms with Crippen molar-refractivity contribution in [1.29, 1.82) is 5.26 Å². The lowest BCUT2D eigenvalue weighted by atomic mass is 9.92. The summed E-state index contributed by atoms with van der Waals surface area (Å²) in [5.41, 5.74) is 4.04. The molecule has 5 rings (SSSR count). The first-order valence-electron chi connectivity index (χ1n) is 11.8. The maximum Gasteiger partial charge on any atom is 0.411 e. The zero-order valence-corrected chi connectivity index (χ0v) is 19.7. The van der Waals surface area contributed by atoms with E-state index in [9.17, 15) is 10.1 Å². The molecule has 7 heteroatoms. The average Bonchev–Trinajstić information content (AvgIpc) is 3.12. The van der Waals surface area contributed by atoms with E-state index in [0.717, 1.165) is 41.4 Å². The average molecular weight is 467 g/mol. The van der Waals surface area contributed by atoms with Crippen molar-refractivity contribution < 1.29 is 14.3 Å². The van der Waals surface area contributed by atoms with Gasteiger partial charge in [-0.05, 0) is 69.0 Å². The molecule has 1 aliphatic rings. The van der Waals surface area contributed by atoms with E-state index in [1.807, 2.05) is 60.7 Å². The van der Waals surface area contributed by atoms with Crippen LogP contribution in [-0.2, 0) is 4.74 Å². The van der Waals surface area contributed by atoms with Gasteiger partial charge in [0.15, 0.2) is 0 Å². The van der Waals surface area contributed by atoms with Crippen LogP contribution in [-0.4, -0.2) is 21.7 Å². The molecule has 0 unspecified atom stereocenters. The van der Waals surface area contributed by atoms with Crippen molar-refractivity contribution in [3.63, 3.8) is 0 Å². The van der Waals surface area contributed by atoms with E-state index < -0.39 is 6.09 Å². The molecule has 0 saturated heterocycles. The van der Waals surface area contributed by atoms with Crippen LogP contribution in [0.3, 0.4) is 0 Å². The Hall–Kier alpha value is -4.31. The number of nitriles is 1. The predicted octanol–water partition coefficient (Wildman–Crippen LogP) is 7.05. The molecule has 1 amide bonds. The summed E-state index contributed by atoms with van der Waals surface area (Å²) in [7, 11) is 0. The molecule has 1 fully saturated rings. The Morgan fingerprint density at radius 3 is 2.57 bits per heavy atom. The van der Waals surface area contributed by atoms with Gasteiger partial charge in [-0.15, -0.1) is 0 Å². The lowest BCUT2D eigenvalue weighted by Crippen LogP contribution is -2.18. The van der Waals surface area contributed by atoms with Gasteiger partial charge in [-0.25, -0.2) is 9.78 Å². The normalized spacial score (nSPS) is 13.3. The molecule has 176 valence electrons. The van der Waals surface area contributed by atoms with Gasteiger partial charge in [0.05, 0.1) is 22.9 Å². The number of fused-ring (bicyclic) bond motifs is 1. The van der Waals surface area contributed by atoms with Gasteiger partial charge in [-0.2, -0.15) is 5.26 Å². The van der Waals surface area contributed by atoms with Crippen LogP contribution in [0.1, 0.15) is 44.7 Å². The molecule has 1 saturated carbocycles. The van der Waals surface area contributed by atoms with Crippen molar-refractivity contribution in [2.75, 3.05) is 5.32 Å². The minimum absolute atomic E-state index is 0.197. The van der Waals surface area contributed by atoms with Gasteiger partial charge >= 0.3 is 6.09 Å². The highest BCUT2D eigenvalue weighted by Crippen LogP contribution is 2.43. The molecule has 2 aromatic heterocycles. The second-order valence-corrected chi connectivity index (χ2v) is 8.90. The summed E-state index contributed by atoms with van der Waals surface area (Å²) >= 11 is 0. The van der Waals surface area contributed by atoms with Crippen molar-refractivity contribution in [1.82, 2.24) is 9.55 Å². The Labute approximate surface area is 203 Å². The highest BCUT2D eigenvalue weighted by molar-refractivity contribution is 5.96. The standard InChI is InChI=1S/C28H26N4O3/c1-18(2)34-28(33)31-20-11-9-19(10-12-20)27-24(17-29)23-14-13-22(35-26-8-3-4-15-30-26)16-25(23)32(27)21-6-5-7-21/h3-4,8-16,18,21H,5-7H2,1-2H3,(H,31,33). The molecule has 2 aromatic carbocycles. The summed E-state index contributed by atoms with van der Waals surface area (Å²) in [6, 6.07) is 21.6. The molecule has 2 heterocycles. The van der Waals surface area contributed by atoms with Crippen LogP contribution in [0, 0.1) is 11.3 Å². The van der Waals surface area contributed by atoms with Crippen molar-refractivity contribution in [2.24, 2.45) is 0 Å². The topological polar surface area (TPSA) is 89.2 Å². The maximum absolute atomic E-state index is 12.0. The number of nitrogens with one attached hydrogen (secondary N) is 1. The summed E-state index contributed by atoms with van der Waals surface area (Å²) in [4.78, 5) is 16.2. The molecule has 0 radical (unpaired) electrons. The fourth-order valence-corrected chi connectivity index (χ4v) is 4.38. The second-order valence-electron chi connectivity index (χ2n) is 8.90. The quantitative estimate of drug-likeness (QED) is 0.329. The minimum Gasteiger partial charge on any atom is -0.447 e. The minimum atomic E-state index is -0.491. The third-order valence-electron chi connectivity index (χ3n) is 6.14. The van der Waals surface area contributed by atoms with E-state index in [2.05, 4.69) is 20.9 Å². The second kappa shape index (κ2) is 9.51. The van der Waals surface area contributed by atoms with E-state index in [1.165, 1.54) is 0 Å². The van der Waals surface area contributed by atoms with Gasteiger partial charge in [-0.1, -0.05) is 18.2 Å². The van der Waals surface area contributed by atoms with Crippen molar-refractivity contribution in [3.8, 4) is 29.0 Å². The number of aromatic nitrogens is 2. The Bertz CT molecular complexity index is 1400. The highest BCUT2D eigenvalue weighted by Gasteiger charge is 2.28. The number of nitrogens with zero attached hydrogens (tertiary/aromatic N) is 3. The van der Waals surface area contributed by atoms with E-state index in [0.29, 0.717) is 28.9 Å². The van der Waals surface area contributed by atoms with Crippen LogP contribution < -0.4 is 10.1 Å². The Morgan fingerprint density at radius 2 is 1.94 bits per heavy atom. The molecule has 1 N–H and O–H groups in total. The molecule has 0 spiro atoms. The maximum atomic E-state index is 12.0. The molecule has 35 heavy (non-hydrogen) atoms. The van der Waals surface area contributed by atoms with E-state index >= 15 is 0 Å². The number of pyridine rings is 1. The smallest absolute Gasteiger partial charge is 0.411 e. The number of benzene rings is 2. The van der Waals surface area contributed by atoms with Crippen LogP contribution in [0.2, 0.25) is 0 Å². The third kappa shape index (κ3) is 4.56. The highest BCUT2D eigenvalue weighted by atomic mass is 16.6. The zero-order valence-electron chi connectivity index (χ0n) is 19.7. The number of anilines is 1. The van der Waals surface area contributed by atoms with Gasteiger partial charge in [0.1, 0.15) is 11.8 Å². The van der Waals surface area contributed by atoms with E-state index in [4.69, 9.17) is 9.47 Å². The lowest BCUT2D eigenvalue weighted by Gasteiger charge is -2.30. The SMILES string of the molecule is CC(C)OC(=O)Nc1ccc(-c2c(C#N)c3ccc(Oc4ccccn4)cc3n2C2CCC2)cc1. The fraction of sp³-hybridized carbons (Fsp3) is 0.250. The van der Waals surface area contributed by atoms with Gasteiger partial charge in [0.25, 0.3) is 0 Å². The van der Waals surface area contributed by atoms with Crippen LogP contribution in [0.5, 0.6) is 11.6 Å². The number of ether oxygens (including phenoxy) is 2. The molecular weight excluding hydrogens is 440 g/mol. The number of hydrogen-bond acceptors (Lipinski definition) is 5. The number of amides is 1. The molecule has 7 nitrogen and oxygen atoms in total. The zero-order chi connectivity index (χ0) is 24.4. The van der Waals surface area contributed by atoms with Gasteiger partial charge in [0.2, 0.25) is 5.88 Å². The van der Waals surface area contributed by atoms with Crippen molar-refractivity contribution in [3.05, 3.63) is 72.4 Å². The van der Waals surface area contributed by atoms with Crippen LogP contribution >= 0.6 is 0 Å². The number of rotatable bonds is 6. The Morgan fingerprint density at radius 1 is 1.14 bits per heavy atom. The number of carbonyl (C=O) groups excluding carboxylic acids is 1. The molecule has 0 aliphatic heterocycles. The van der Waals surface area contributed by atoms with Gasteiger partial charge in [0, 0.05) is 35.4 Å². The van der Waals surface area contributed by atoms with Gasteiger partial charge < -0.3 is 14.0 Å². The molecule has 0 bridgehead atoms. The van der Waals surface area contributed by atoms with Crippen LogP contribution in [0.15, 0.2) is 66.9 Å². The first-order chi connectivity index (χ1) is 17.0. The Kier molecular flexibility index (Phi) is 6.11. The first-order valence-corrected chi connectivity index (χ1v) is 11.8. The van der Waals surface area contributed by atoms with Crippen LogP contribution in [0.4, 0.5) is 10.5 Å². The molecule has 0 atom stereocenters. The van der Waals surface area contributed by atoms with E-state index in [-0.39, 0.29) is 6.10 Å². The van der Waals surface area contributed by atoms with E-state index in [1.54, 1.807) is 20.0 Å². The van der Waals surface area contributed by atoms with Crippen molar-refractivity contribution >= 4 is 22.7 Å². The Balaban J connectivity index is 1.55. The molecular formula is C28H26N4O3. The summed E-state index contributed by atoms with van der Waals surface area (Å²) < 4.78 is 13.4. The monoisotopic (exact) mass is 466 g/mol. The van der Waals surface area contributed by atoms with Crippen molar-refractivity contribution in [2.45, 2.75) is 45.3 Å². The van der Waals surface area contributed by atoms with Gasteiger partial charge in [-0.3, -0.25) is 5.32 Å². The largest absolute Gasteiger partial charge is 0.447 e. The summed E-state index contributed by atoms with van der Waals surface area (Å²) in [6.07, 6.45) is 4.29. The molecule has 4 aromatic rings. The number of carbonyl (C=O) groups is 1. The fourth-order valence-electron chi connectivity index (χ4n) is 4.38. The first kappa shape index (κ1) is 22.5. The summed E-state index contributed by atoms with van der Waals surface area (Å²) in [5, 5.41) is 13.8. The summed E-state index contributed by atoms with van der Waals surface area (Å²) in [6.45, 7) is 3.61. The molecule has 1 aliphatic carbocycles. The predicted molar refractivity (Wildman–Crippen MR) is 135 cm³/mol. The summed E-state index contributed by atoms with van der Waals surface area (Å²) in [5.74, 6) is 1.20. The lowest BCUT2D eigenvalue weighted by molar-refractivity contribution is 0.130. The van der Waals surface area contributed by atoms with Crippen LogP contribution in [0.25, 0.3) is 22.2 Å². The third-order valence-corrected chi connectivity index (χ3v) is 6.14. The number of hydrogen-bond donors (Lipinski definition) is 1.